The lowest BCUT2D eigenvalue weighted by atomic mass is 9.98. The van der Waals surface area contributed by atoms with Gasteiger partial charge in [0.15, 0.2) is 0 Å². The average molecular weight is 362 g/mol. The number of fused-ring (bicyclic) bond motifs is 1. The number of nitrogen functional groups attached to an aromatic ring is 1. The van der Waals surface area contributed by atoms with E-state index in [9.17, 15) is 0 Å². The van der Waals surface area contributed by atoms with Gasteiger partial charge in [-0.3, -0.25) is 0 Å². The summed E-state index contributed by atoms with van der Waals surface area (Å²) in [4.78, 5) is 12.1. The predicted octanol–water partition coefficient (Wildman–Crippen LogP) is 5.54. The highest BCUT2D eigenvalue weighted by Gasteiger charge is 2.14. The van der Waals surface area contributed by atoms with E-state index in [1.807, 2.05) is 36.5 Å². The minimum absolute atomic E-state index is 0.268. The molecular weight excluding hydrogens is 344 g/mol. The van der Waals surface area contributed by atoms with Crippen molar-refractivity contribution in [2.24, 2.45) is 0 Å². The minimum atomic E-state index is 0.268. The topological polar surface area (TPSA) is 67.6 Å². The van der Waals surface area contributed by atoms with Gasteiger partial charge < -0.3 is 10.7 Å². The van der Waals surface area contributed by atoms with Crippen molar-refractivity contribution in [2.45, 2.75) is 0 Å². The summed E-state index contributed by atoms with van der Waals surface area (Å²) in [5.74, 6) is 0.268. The second kappa shape index (κ2) is 6.67. The first-order chi connectivity index (χ1) is 13.8. The molecule has 4 nitrogen and oxygen atoms in total. The SMILES string of the molecule is Nc1ncc(-c2ccc(-c3ccccc3)cc2)c(-c2c[nH]c3ccccc23)n1. The van der Waals surface area contributed by atoms with Crippen molar-refractivity contribution >= 4 is 16.9 Å². The van der Waals surface area contributed by atoms with Crippen LogP contribution in [0.5, 0.6) is 0 Å². The number of H-pyrrole nitrogens is 1. The normalized spacial score (nSPS) is 11.0. The van der Waals surface area contributed by atoms with Gasteiger partial charge in [-0.05, 0) is 22.8 Å². The molecule has 5 aromatic rings. The van der Waals surface area contributed by atoms with Crippen LogP contribution in [0.2, 0.25) is 0 Å². The van der Waals surface area contributed by atoms with E-state index in [1.165, 1.54) is 11.1 Å². The van der Waals surface area contributed by atoms with Crippen molar-refractivity contribution in [2.75, 3.05) is 5.73 Å². The number of nitrogens with one attached hydrogen (secondary N) is 1. The summed E-state index contributed by atoms with van der Waals surface area (Å²) in [6, 6.07) is 27.0. The maximum Gasteiger partial charge on any atom is 0.220 e. The maximum absolute atomic E-state index is 5.92. The minimum Gasteiger partial charge on any atom is -0.368 e. The van der Waals surface area contributed by atoms with Crippen LogP contribution in [0.3, 0.4) is 0 Å². The zero-order valence-corrected chi connectivity index (χ0v) is 15.1. The smallest absolute Gasteiger partial charge is 0.220 e. The molecule has 28 heavy (non-hydrogen) atoms. The summed E-state index contributed by atoms with van der Waals surface area (Å²) >= 11 is 0. The Kier molecular flexibility index (Phi) is 3.87. The van der Waals surface area contributed by atoms with Gasteiger partial charge in [0, 0.05) is 34.4 Å². The van der Waals surface area contributed by atoms with Gasteiger partial charge in [-0.1, -0.05) is 72.8 Å². The molecule has 0 aliphatic heterocycles. The fourth-order valence-corrected chi connectivity index (χ4v) is 3.55. The monoisotopic (exact) mass is 362 g/mol. The van der Waals surface area contributed by atoms with E-state index in [-0.39, 0.29) is 5.95 Å². The Balaban J connectivity index is 1.63. The molecule has 0 radical (unpaired) electrons. The van der Waals surface area contributed by atoms with E-state index < -0.39 is 0 Å². The van der Waals surface area contributed by atoms with Crippen LogP contribution in [-0.4, -0.2) is 15.0 Å². The summed E-state index contributed by atoms with van der Waals surface area (Å²) in [5, 5.41) is 1.11. The van der Waals surface area contributed by atoms with Crippen molar-refractivity contribution in [3.63, 3.8) is 0 Å². The standard InChI is InChI=1S/C24H18N4/c25-24-27-14-20(18-12-10-17(11-13-18)16-6-2-1-3-7-16)23(28-24)21-15-26-22-9-5-4-8-19(21)22/h1-15,26H,(H2,25,27,28). The molecule has 3 N–H and O–H groups in total. The Morgan fingerprint density at radius 1 is 0.679 bits per heavy atom. The predicted molar refractivity (Wildman–Crippen MR) is 115 cm³/mol. The lowest BCUT2D eigenvalue weighted by molar-refractivity contribution is 1.19. The molecule has 0 fully saturated rings. The zero-order valence-electron chi connectivity index (χ0n) is 15.1. The highest BCUT2D eigenvalue weighted by Crippen LogP contribution is 2.35. The third-order valence-corrected chi connectivity index (χ3v) is 4.95. The zero-order chi connectivity index (χ0) is 18.9. The van der Waals surface area contributed by atoms with Gasteiger partial charge >= 0.3 is 0 Å². The van der Waals surface area contributed by atoms with Gasteiger partial charge in [0.25, 0.3) is 0 Å². The average Bonchev–Trinajstić information content (AvgIpc) is 3.19. The molecule has 4 heteroatoms. The van der Waals surface area contributed by atoms with Crippen LogP contribution in [0.1, 0.15) is 0 Å². The Bertz CT molecular complexity index is 1260. The quantitative estimate of drug-likeness (QED) is 0.443. The highest BCUT2D eigenvalue weighted by molar-refractivity contribution is 5.98. The molecule has 0 aliphatic carbocycles. The lowest BCUT2D eigenvalue weighted by Crippen LogP contribution is -1.98. The van der Waals surface area contributed by atoms with E-state index in [2.05, 4.69) is 63.5 Å². The number of anilines is 1. The summed E-state index contributed by atoms with van der Waals surface area (Å²) in [6.45, 7) is 0. The molecule has 0 atom stereocenters. The van der Waals surface area contributed by atoms with E-state index in [0.29, 0.717) is 0 Å². The fraction of sp³-hybridized carbons (Fsp3) is 0. The first kappa shape index (κ1) is 16.3. The summed E-state index contributed by atoms with van der Waals surface area (Å²) in [5.41, 5.74) is 13.2. The molecule has 3 aromatic carbocycles. The van der Waals surface area contributed by atoms with Gasteiger partial charge in [-0.2, -0.15) is 0 Å². The molecule has 0 spiro atoms. The second-order valence-corrected chi connectivity index (χ2v) is 6.68. The van der Waals surface area contributed by atoms with Crippen LogP contribution in [-0.2, 0) is 0 Å². The highest BCUT2D eigenvalue weighted by atomic mass is 15.0. The van der Waals surface area contributed by atoms with E-state index in [0.717, 1.165) is 33.3 Å². The van der Waals surface area contributed by atoms with Gasteiger partial charge in [-0.25, -0.2) is 9.97 Å². The van der Waals surface area contributed by atoms with Gasteiger partial charge in [0.05, 0.1) is 5.69 Å². The van der Waals surface area contributed by atoms with Crippen molar-refractivity contribution in [3.8, 4) is 33.5 Å². The molecule has 5 rings (SSSR count). The number of hydrogen-bond donors (Lipinski definition) is 2. The molecule has 2 aromatic heterocycles. The third kappa shape index (κ3) is 2.81. The van der Waals surface area contributed by atoms with Gasteiger partial charge in [0.1, 0.15) is 0 Å². The number of rotatable bonds is 3. The molecule has 0 saturated heterocycles. The van der Waals surface area contributed by atoms with Crippen molar-refractivity contribution < 1.29 is 0 Å². The summed E-state index contributed by atoms with van der Waals surface area (Å²) < 4.78 is 0. The molecular formula is C24H18N4. The van der Waals surface area contributed by atoms with Crippen molar-refractivity contribution in [3.05, 3.63) is 91.3 Å². The largest absolute Gasteiger partial charge is 0.368 e. The number of aromatic amines is 1. The van der Waals surface area contributed by atoms with E-state index in [1.54, 1.807) is 6.20 Å². The fourth-order valence-electron chi connectivity index (χ4n) is 3.55. The molecule has 0 saturated carbocycles. The van der Waals surface area contributed by atoms with Crippen LogP contribution < -0.4 is 5.73 Å². The first-order valence-electron chi connectivity index (χ1n) is 9.14. The Hall–Kier alpha value is -3.92. The summed E-state index contributed by atoms with van der Waals surface area (Å²) in [7, 11) is 0. The Morgan fingerprint density at radius 2 is 1.36 bits per heavy atom. The summed E-state index contributed by atoms with van der Waals surface area (Å²) in [6.07, 6.45) is 3.78. The number of nitrogens with zero attached hydrogens (tertiary/aromatic N) is 2. The van der Waals surface area contributed by atoms with Gasteiger partial charge in [0.2, 0.25) is 5.95 Å². The molecule has 134 valence electrons. The van der Waals surface area contributed by atoms with Crippen LogP contribution in [0.15, 0.2) is 91.3 Å². The van der Waals surface area contributed by atoms with Crippen molar-refractivity contribution in [1.82, 2.24) is 15.0 Å². The second-order valence-electron chi connectivity index (χ2n) is 6.68. The van der Waals surface area contributed by atoms with Crippen LogP contribution in [0.4, 0.5) is 5.95 Å². The van der Waals surface area contributed by atoms with Gasteiger partial charge in [-0.15, -0.1) is 0 Å². The van der Waals surface area contributed by atoms with E-state index in [4.69, 9.17) is 5.73 Å². The molecule has 0 bridgehead atoms. The Morgan fingerprint density at radius 3 is 2.18 bits per heavy atom. The van der Waals surface area contributed by atoms with Crippen LogP contribution in [0.25, 0.3) is 44.4 Å². The van der Waals surface area contributed by atoms with Crippen molar-refractivity contribution in [1.29, 1.82) is 0 Å². The van der Waals surface area contributed by atoms with Crippen LogP contribution >= 0.6 is 0 Å². The van der Waals surface area contributed by atoms with Crippen LogP contribution in [0, 0.1) is 0 Å². The number of aromatic nitrogens is 3. The lowest BCUT2D eigenvalue weighted by Gasteiger charge is -2.10. The maximum atomic E-state index is 5.92. The molecule has 0 amide bonds. The third-order valence-electron chi connectivity index (χ3n) is 4.95. The molecule has 0 unspecified atom stereocenters. The number of hydrogen-bond acceptors (Lipinski definition) is 3. The Labute approximate surface area is 162 Å². The van der Waals surface area contributed by atoms with E-state index >= 15 is 0 Å². The first-order valence-corrected chi connectivity index (χ1v) is 9.14. The number of nitrogens with two attached hydrogens (primary N) is 1. The molecule has 0 aliphatic rings. The number of benzene rings is 3. The number of para-hydroxylation sites is 1. The molecule has 2 heterocycles.